The van der Waals surface area contributed by atoms with E-state index >= 15 is 0 Å². The molecule has 0 fully saturated rings. The molecule has 0 saturated heterocycles. The Hall–Kier alpha value is -0.580. The van der Waals surface area contributed by atoms with Gasteiger partial charge in [-0.15, -0.1) is 0 Å². The van der Waals surface area contributed by atoms with Gasteiger partial charge in [0, 0.05) is 8.59 Å². The molecule has 2 rings (SSSR count). The fraction of sp³-hybridized carbons (Fsp3) is 0.250. The van der Waals surface area contributed by atoms with Crippen LogP contribution >= 0.6 is 34.2 Å². The van der Waals surface area contributed by atoms with Gasteiger partial charge in [0.15, 0.2) is 0 Å². The number of halogens is 2. The fourth-order valence-electron chi connectivity index (χ4n) is 2.24. The molecule has 0 amide bonds. The van der Waals surface area contributed by atoms with Crippen molar-refractivity contribution in [2.45, 2.75) is 19.9 Å². The first-order valence-corrected chi connectivity index (χ1v) is 7.83. The van der Waals surface area contributed by atoms with Gasteiger partial charge in [-0.25, -0.2) is 0 Å². The van der Waals surface area contributed by atoms with Crippen LogP contribution in [0.25, 0.3) is 0 Å². The minimum Gasteiger partial charge on any atom is -0.306 e. The summed E-state index contributed by atoms with van der Waals surface area (Å²) < 4.78 is 1.23. The van der Waals surface area contributed by atoms with Gasteiger partial charge in [-0.05, 0) is 70.9 Å². The molecule has 1 N–H and O–H groups in total. The average molecular weight is 386 g/mol. The van der Waals surface area contributed by atoms with E-state index in [4.69, 9.17) is 11.6 Å². The molecule has 0 aliphatic carbocycles. The van der Waals surface area contributed by atoms with Gasteiger partial charge in [-0.2, -0.15) is 0 Å². The molecule has 2 aromatic rings. The smallest absolute Gasteiger partial charge is 0.0590 e. The lowest BCUT2D eigenvalue weighted by Gasteiger charge is -2.22. The number of rotatable bonds is 4. The summed E-state index contributed by atoms with van der Waals surface area (Å²) >= 11 is 8.53. The van der Waals surface area contributed by atoms with Crippen LogP contribution in [0, 0.1) is 10.5 Å². The molecule has 0 aromatic heterocycles. The van der Waals surface area contributed by atoms with Crippen molar-refractivity contribution in [2.24, 2.45) is 0 Å². The van der Waals surface area contributed by atoms with Crippen molar-refractivity contribution in [1.29, 1.82) is 0 Å². The van der Waals surface area contributed by atoms with Crippen LogP contribution in [0.2, 0.25) is 5.02 Å². The Labute approximate surface area is 133 Å². The third-order valence-electron chi connectivity index (χ3n) is 3.18. The number of hydrogen-bond donors (Lipinski definition) is 1. The summed E-state index contributed by atoms with van der Waals surface area (Å²) in [6.07, 6.45) is 0. The summed E-state index contributed by atoms with van der Waals surface area (Å²) in [5, 5.41) is 4.34. The SMILES string of the molecule is CCNC(c1ccccc1C)c1cc(Cl)ccc1I. The van der Waals surface area contributed by atoms with Gasteiger partial charge >= 0.3 is 0 Å². The topological polar surface area (TPSA) is 12.0 Å². The highest BCUT2D eigenvalue weighted by Gasteiger charge is 2.17. The van der Waals surface area contributed by atoms with Crippen molar-refractivity contribution in [3.8, 4) is 0 Å². The quantitative estimate of drug-likeness (QED) is 0.734. The Balaban J connectivity index is 2.51. The number of benzene rings is 2. The van der Waals surface area contributed by atoms with Gasteiger partial charge in [-0.3, -0.25) is 0 Å². The normalized spacial score (nSPS) is 12.4. The zero-order valence-corrected chi connectivity index (χ0v) is 14.0. The van der Waals surface area contributed by atoms with E-state index in [-0.39, 0.29) is 6.04 Å². The van der Waals surface area contributed by atoms with Gasteiger partial charge in [-0.1, -0.05) is 42.8 Å². The maximum absolute atomic E-state index is 6.16. The summed E-state index contributed by atoms with van der Waals surface area (Å²) in [4.78, 5) is 0. The molecule has 0 aliphatic heterocycles. The molecule has 0 aliphatic rings. The molecule has 0 heterocycles. The largest absolute Gasteiger partial charge is 0.306 e. The molecule has 100 valence electrons. The Morgan fingerprint density at radius 3 is 2.58 bits per heavy atom. The maximum atomic E-state index is 6.16. The van der Waals surface area contributed by atoms with Gasteiger partial charge < -0.3 is 5.32 Å². The van der Waals surface area contributed by atoms with Crippen molar-refractivity contribution in [1.82, 2.24) is 5.32 Å². The van der Waals surface area contributed by atoms with Crippen LogP contribution in [0.4, 0.5) is 0 Å². The molecule has 19 heavy (non-hydrogen) atoms. The van der Waals surface area contributed by atoms with Crippen LogP contribution in [0.3, 0.4) is 0 Å². The fourth-order valence-corrected chi connectivity index (χ4v) is 3.07. The van der Waals surface area contributed by atoms with Crippen molar-refractivity contribution in [2.75, 3.05) is 6.54 Å². The maximum Gasteiger partial charge on any atom is 0.0590 e. The van der Waals surface area contributed by atoms with Gasteiger partial charge in [0.25, 0.3) is 0 Å². The van der Waals surface area contributed by atoms with Gasteiger partial charge in [0.1, 0.15) is 0 Å². The zero-order chi connectivity index (χ0) is 13.8. The summed E-state index contributed by atoms with van der Waals surface area (Å²) in [6.45, 7) is 5.20. The first-order valence-electron chi connectivity index (χ1n) is 6.37. The second kappa shape index (κ2) is 6.73. The van der Waals surface area contributed by atoms with Crippen LogP contribution in [0.15, 0.2) is 42.5 Å². The molecule has 1 nitrogen and oxygen atoms in total. The minimum atomic E-state index is 0.191. The molecule has 1 atom stereocenters. The Bertz CT molecular complexity index is 568. The van der Waals surface area contributed by atoms with E-state index in [2.05, 4.69) is 78.2 Å². The van der Waals surface area contributed by atoms with Crippen LogP contribution < -0.4 is 5.32 Å². The van der Waals surface area contributed by atoms with E-state index in [1.807, 2.05) is 6.07 Å². The first kappa shape index (κ1) is 14.8. The molecule has 2 aromatic carbocycles. The van der Waals surface area contributed by atoms with E-state index in [9.17, 15) is 0 Å². The van der Waals surface area contributed by atoms with E-state index in [1.165, 1.54) is 20.3 Å². The summed E-state index contributed by atoms with van der Waals surface area (Å²) in [5.41, 5.74) is 3.85. The first-order chi connectivity index (χ1) is 9.13. The summed E-state index contributed by atoms with van der Waals surface area (Å²) in [5.74, 6) is 0. The van der Waals surface area contributed by atoms with Gasteiger partial charge in [0.05, 0.1) is 6.04 Å². The highest BCUT2D eigenvalue weighted by molar-refractivity contribution is 14.1. The second-order valence-corrected chi connectivity index (χ2v) is 6.11. The Morgan fingerprint density at radius 2 is 1.89 bits per heavy atom. The Kier molecular flexibility index (Phi) is 5.25. The molecule has 0 radical (unpaired) electrons. The highest BCUT2D eigenvalue weighted by atomic mass is 127. The van der Waals surface area contributed by atoms with Crippen molar-refractivity contribution >= 4 is 34.2 Å². The van der Waals surface area contributed by atoms with E-state index in [0.29, 0.717) is 0 Å². The third kappa shape index (κ3) is 3.50. The summed E-state index contributed by atoms with van der Waals surface area (Å²) in [6, 6.07) is 14.8. The molecule has 0 spiro atoms. The monoisotopic (exact) mass is 385 g/mol. The molecule has 3 heteroatoms. The van der Waals surface area contributed by atoms with Crippen LogP contribution in [-0.2, 0) is 0 Å². The van der Waals surface area contributed by atoms with E-state index in [0.717, 1.165) is 11.6 Å². The van der Waals surface area contributed by atoms with Crippen LogP contribution in [-0.4, -0.2) is 6.54 Å². The third-order valence-corrected chi connectivity index (χ3v) is 4.39. The van der Waals surface area contributed by atoms with Crippen molar-refractivity contribution in [3.63, 3.8) is 0 Å². The molecule has 0 saturated carbocycles. The van der Waals surface area contributed by atoms with Crippen LogP contribution in [0.1, 0.15) is 29.7 Å². The standard InChI is InChI=1S/C16H17ClIN/c1-3-19-16(13-7-5-4-6-11(13)2)14-10-12(17)8-9-15(14)18/h4-10,16,19H,3H2,1-2H3. The molecular weight excluding hydrogens is 369 g/mol. The average Bonchev–Trinajstić information content (AvgIpc) is 2.40. The predicted molar refractivity (Wildman–Crippen MR) is 90.9 cm³/mol. The van der Waals surface area contributed by atoms with Crippen molar-refractivity contribution < 1.29 is 0 Å². The lowest BCUT2D eigenvalue weighted by Crippen LogP contribution is -2.23. The Morgan fingerprint density at radius 1 is 1.16 bits per heavy atom. The minimum absolute atomic E-state index is 0.191. The van der Waals surface area contributed by atoms with Gasteiger partial charge in [0.2, 0.25) is 0 Å². The lowest BCUT2D eigenvalue weighted by molar-refractivity contribution is 0.625. The van der Waals surface area contributed by atoms with Crippen LogP contribution in [0.5, 0.6) is 0 Å². The number of aryl methyl sites for hydroxylation is 1. The number of nitrogens with one attached hydrogen (secondary N) is 1. The zero-order valence-electron chi connectivity index (χ0n) is 11.1. The molecule has 1 unspecified atom stereocenters. The number of hydrogen-bond acceptors (Lipinski definition) is 1. The van der Waals surface area contributed by atoms with E-state index in [1.54, 1.807) is 0 Å². The van der Waals surface area contributed by atoms with Crippen molar-refractivity contribution in [3.05, 3.63) is 67.7 Å². The molecular formula is C16H17ClIN. The molecule has 0 bridgehead atoms. The predicted octanol–water partition coefficient (Wildman–Crippen LogP) is 4.95. The highest BCUT2D eigenvalue weighted by Crippen LogP contribution is 2.30. The summed E-state index contributed by atoms with van der Waals surface area (Å²) in [7, 11) is 0. The lowest BCUT2D eigenvalue weighted by atomic mass is 9.95. The van der Waals surface area contributed by atoms with E-state index < -0.39 is 0 Å². The second-order valence-electron chi connectivity index (χ2n) is 4.51.